The van der Waals surface area contributed by atoms with E-state index in [9.17, 15) is 4.79 Å². The molecule has 1 aromatic carbocycles. The van der Waals surface area contributed by atoms with Crippen molar-refractivity contribution in [3.05, 3.63) is 36.2 Å². The van der Waals surface area contributed by atoms with E-state index in [2.05, 4.69) is 4.98 Å². The summed E-state index contributed by atoms with van der Waals surface area (Å²) in [4.78, 5) is 15.8. The van der Waals surface area contributed by atoms with Crippen molar-refractivity contribution in [1.82, 2.24) is 4.98 Å². The molecule has 0 saturated heterocycles. The van der Waals surface area contributed by atoms with E-state index in [1.807, 2.05) is 6.07 Å². The van der Waals surface area contributed by atoms with E-state index in [1.165, 1.54) is 0 Å². The van der Waals surface area contributed by atoms with Crippen molar-refractivity contribution in [1.29, 1.82) is 0 Å². The lowest BCUT2D eigenvalue weighted by molar-refractivity contribution is 0.0379. The molecule has 0 radical (unpaired) electrons. The molecule has 2 aromatic rings. The van der Waals surface area contributed by atoms with Crippen molar-refractivity contribution in [2.24, 2.45) is 0 Å². The van der Waals surface area contributed by atoms with E-state index < -0.39 is 5.97 Å². The first kappa shape index (κ1) is 11.4. The van der Waals surface area contributed by atoms with E-state index in [0.29, 0.717) is 11.3 Å². The summed E-state index contributed by atoms with van der Waals surface area (Å²) in [6.07, 6.45) is 3.20. The summed E-state index contributed by atoms with van der Waals surface area (Å²) >= 11 is 0. The van der Waals surface area contributed by atoms with Crippen LogP contribution < -0.4 is 5.73 Å². The van der Waals surface area contributed by atoms with E-state index in [4.69, 9.17) is 10.5 Å². The number of carbonyl (C=O) groups is 1. The van der Waals surface area contributed by atoms with Crippen LogP contribution in [0.25, 0.3) is 10.8 Å². The predicted molar refractivity (Wildman–Crippen MR) is 66.7 cm³/mol. The fourth-order valence-electron chi connectivity index (χ4n) is 1.65. The summed E-state index contributed by atoms with van der Waals surface area (Å²) in [6.45, 7) is 3.61. The predicted octanol–water partition coefficient (Wildman–Crippen LogP) is 2.38. The van der Waals surface area contributed by atoms with Gasteiger partial charge >= 0.3 is 5.97 Å². The van der Waals surface area contributed by atoms with Gasteiger partial charge in [0.05, 0.1) is 17.4 Å². The fourth-order valence-corrected chi connectivity index (χ4v) is 1.65. The van der Waals surface area contributed by atoms with Crippen LogP contribution in [0.3, 0.4) is 0 Å². The van der Waals surface area contributed by atoms with Gasteiger partial charge in [0, 0.05) is 23.2 Å². The maximum atomic E-state index is 11.8. The molecule has 0 aliphatic rings. The van der Waals surface area contributed by atoms with Crippen molar-refractivity contribution in [2.75, 3.05) is 5.73 Å². The number of hydrogen-bond donors (Lipinski definition) is 1. The highest BCUT2D eigenvalue weighted by molar-refractivity contribution is 6.05. The molecule has 0 spiro atoms. The summed E-state index contributed by atoms with van der Waals surface area (Å²) in [7, 11) is 0. The molecule has 2 N–H and O–H groups in total. The summed E-state index contributed by atoms with van der Waals surface area (Å²) in [5.74, 6) is -0.392. The minimum Gasteiger partial charge on any atom is -0.459 e. The number of nitrogens with two attached hydrogens (primary N) is 1. The van der Waals surface area contributed by atoms with Gasteiger partial charge in [0.2, 0.25) is 0 Å². The molecular formula is C13H14N2O2. The van der Waals surface area contributed by atoms with Gasteiger partial charge < -0.3 is 10.5 Å². The van der Waals surface area contributed by atoms with Gasteiger partial charge in [-0.3, -0.25) is 4.98 Å². The van der Waals surface area contributed by atoms with Crippen LogP contribution >= 0.6 is 0 Å². The number of aromatic nitrogens is 1. The molecule has 0 bridgehead atoms. The lowest BCUT2D eigenvalue weighted by Crippen LogP contribution is -2.13. The zero-order chi connectivity index (χ0) is 12.4. The molecule has 88 valence electrons. The second kappa shape index (κ2) is 4.41. The van der Waals surface area contributed by atoms with Crippen molar-refractivity contribution in [2.45, 2.75) is 20.0 Å². The SMILES string of the molecule is CC(C)OC(=O)c1ccc2cnccc2c1N. The Labute approximate surface area is 99.4 Å². The molecule has 0 aliphatic carbocycles. The first-order chi connectivity index (χ1) is 8.09. The maximum absolute atomic E-state index is 11.8. The van der Waals surface area contributed by atoms with Gasteiger partial charge in [-0.05, 0) is 26.0 Å². The standard InChI is InChI=1S/C13H14N2O2/c1-8(2)17-13(16)11-4-3-9-7-15-6-5-10(9)12(11)14/h3-8H,14H2,1-2H3. The van der Waals surface area contributed by atoms with E-state index in [-0.39, 0.29) is 6.10 Å². The van der Waals surface area contributed by atoms with Crippen LogP contribution in [0, 0.1) is 0 Å². The molecule has 17 heavy (non-hydrogen) atoms. The molecule has 4 nitrogen and oxygen atoms in total. The summed E-state index contributed by atoms with van der Waals surface area (Å²) in [6, 6.07) is 5.27. The van der Waals surface area contributed by atoms with E-state index >= 15 is 0 Å². The number of rotatable bonds is 2. The number of benzene rings is 1. The van der Waals surface area contributed by atoms with Crippen molar-refractivity contribution >= 4 is 22.4 Å². The largest absolute Gasteiger partial charge is 0.459 e. The van der Waals surface area contributed by atoms with Crippen LogP contribution in [0.1, 0.15) is 24.2 Å². The first-order valence-electron chi connectivity index (χ1n) is 5.43. The lowest BCUT2D eigenvalue weighted by Gasteiger charge is -2.11. The topological polar surface area (TPSA) is 65.2 Å². The third kappa shape index (κ3) is 2.20. The Morgan fingerprint density at radius 1 is 1.35 bits per heavy atom. The van der Waals surface area contributed by atoms with Gasteiger partial charge in [0.25, 0.3) is 0 Å². The van der Waals surface area contributed by atoms with Crippen molar-refractivity contribution < 1.29 is 9.53 Å². The molecule has 0 unspecified atom stereocenters. The smallest absolute Gasteiger partial charge is 0.340 e. The van der Waals surface area contributed by atoms with Gasteiger partial charge in [-0.15, -0.1) is 0 Å². The number of nitrogen functional groups attached to an aromatic ring is 1. The zero-order valence-corrected chi connectivity index (χ0v) is 9.81. The molecule has 0 fully saturated rings. The number of pyridine rings is 1. The van der Waals surface area contributed by atoms with Crippen LogP contribution in [0.15, 0.2) is 30.6 Å². The number of carbonyl (C=O) groups excluding carboxylic acids is 1. The first-order valence-corrected chi connectivity index (χ1v) is 5.43. The normalized spacial score (nSPS) is 10.8. The van der Waals surface area contributed by atoms with Crippen LogP contribution in [0.4, 0.5) is 5.69 Å². The molecule has 0 aliphatic heterocycles. The Morgan fingerprint density at radius 3 is 2.82 bits per heavy atom. The zero-order valence-electron chi connectivity index (χ0n) is 9.81. The minimum absolute atomic E-state index is 0.157. The summed E-state index contributed by atoms with van der Waals surface area (Å²) in [5.41, 5.74) is 6.81. The third-order valence-corrected chi connectivity index (χ3v) is 2.42. The number of fused-ring (bicyclic) bond motifs is 1. The van der Waals surface area contributed by atoms with Gasteiger partial charge in [-0.1, -0.05) is 6.07 Å². The number of ether oxygens (including phenoxy) is 1. The Hall–Kier alpha value is -2.10. The lowest BCUT2D eigenvalue weighted by atomic mass is 10.1. The van der Waals surface area contributed by atoms with Gasteiger partial charge in [-0.25, -0.2) is 4.79 Å². The number of esters is 1. The molecular weight excluding hydrogens is 216 g/mol. The van der Waals surface area contributed by atoms with Gasteiger partial charge in [0.15, 0.2) is 0 Å². The number of anilines is 1. The second-order valence-electron chi connectivity index (χ2n) is 4.08. The van der Waals surface area contributed by atoms with Crippen LogP contribution in [0.5, 0.6) is 0 Å². The Bertz CT molecular complexity index is 564. The minimum atomic E-state index is -0.392. The Morgan fingerprint density at radius 2 is 2.12 bits per heavy atom. The van der Waals surface area contributed by atoms with E-state index in [0.717, 1.165) is 10.8 Å². The van der Waals surface area contributed by atoms with E-state index in [1.54, 1.807) is 38.4 Å². The third-order valence-electron chi connectivity index (χ3n) is 2.42. The van der Waals surface area contributed by atoms with Crippen LogP contribution in [-0.2, 0) is 4.74 Å². The molecule has 4 heteroatoms. The monoisotopic (exact) mass is 230 g/mol. The molecule has 0 saturated carbocycles. The van der Waals surface area contributed by atoms with Gasteiger partial charge in [-0.2, -0.15) is 0 Å². The number of nitrogens with zero attached hydrogens (tertiary/aromatic N) is 1. The Balaban J connectivity index is 2.49. The van der Waals surface area contributed by atoms with Crippen molar-refractivity contribution in [3.8, 4) is 0 Å². The molecule has 1 heterocycles. The summed E-state index contributed by atoms with van der Waals surface area (Å²) in [5, 5.41) is 1.73. The average Bonchev–Trinajstić information content (AvgIpc) is 2.28. The fraction of sp³-hybridized carbons (Fsp3) is 0.231. The van der Waals surface area contributed by atoms with Crippen molar-refractivity contribution in [3.63, 3.8) is 0 Å². The molecule has 1 aromatic heterocycles. The number of hydrogen-bond acceptors (Lipinski definition) is 4. The molecule has 0 atom stereocenters. The maximum Gasteiger partial charge on any atom is 0.340 e. The van der Waals surface area contributed by atoms with Gasteiger partial charge in [0.1, 0.15) is 0 Å². The highest BCUT2D eigenvalue weighted by Gasteiger charge is 2.14. The summed E-state index contributed by atoms with van der Waals surface area (Å²) < 4.78 is 5.13. The molecule has 0 amide bonds. The second-order valence-corrected chi connectivity index (χ2v) is 4.08. The highest BCUT2D eigenvalue weighted by Crippen LogP contribution is 2.24. The average molecular weight is 230 g/mol. The Kier molecular flexibility index (Phi) is 2.95. The van der Waals surface area contributed by atoms with Crippen LogP contribution in [-0.4, -0.2) is 17.1 Å². The van der Waals surface area contributed by atoms with Crippen LogP contribution in [0.2, 0.25) is 0 Å². The molecule has 2 rings (SSSR count). The quantitative estimate of drug-likeness (QED) is 0.635. The highest BCUT2D eigenvalue weighted by atomic mass is 16.5.